The Morgan fingerprint density at radius 2 is 1.72 bits per heavy atom. The molecule has 2 heterocycles. The molecule has 2 aromatic carbocycles. The molecule has 0 aliphatic carbocycles. The number of aromatic nitrogens is 4. The molecule has 4 aromatic rings. The van der Waals surface area contributed by atoms with Gasteiger partial charge in [-0.1, -0.05) is 80.2 Å². The highest BCUT2D eigenvalue weighted by atomic mass is 32.2. The zero-order valence-electron chi connectivity index (χ0n) is 16.9. The average Bonchev–Trinajstić information content (AvgIpc) is 3.39. The molecule has 0 radical (unpaired) electrons. The second-order valence-electron chi connectivity index (χ2n) is 7.13. The molecule has 0 aliphatic heterocycles. The Morgan fingerprint density at radius 1 is 0.966 bits per heavy atom. The van der Waals surface area contributed by atoms with Crippen molar-refractivity contribution >= 4 is 23.1 Å². The van der Waals surface area contributed by atoms with Crippen LogP contribution in [0.2, 0.25) is 0 Å². The SMILES string of the molecule is CCn1c(SCc2csc(-c3ccccc3)n2)nnc1-c1ccc(C(C)C)cc1. The molecule has 4 nitrogen and oxygen atoms in total. The first-order chi connectivity index (χ1) is 14.2. The minimum Gasteiger partial charge on any atom is -0.302 e. The third-order valence-electron chi connectivity index (χ3n) is 4.79. The summed E-state index contributed by atoms with van der Waals surface area (Å²) in [6.45, 7) is 7.39. The topological polar surface area (TPSA) is 43.6 Å². The molecule has 0 spiro atoms. The molecule has 0 amide bonds. The van der Waals surface area contributed by atoms with Gasteiger partial charge in [0, 0.05) is 28.8 Å². The lowest BCUT2D eigenvalue weighted by atomic mass is 10.0. The standard InChI is InChI=1S/C23H24N4S2/c1-4-27-21(18-12-10-17(11-13-18)16(2)3)25-26-23(27)29-15-20-14-28-22(24-20)19-8-6-5-7-9-19/h5-14,16H,4,15H2,1-3H3. The van der Waals surface area contributed by atoms with Gasteiger partial charge in [-0.2, -0.15) is 0 Å². The van der Waals surface area contributed by atoms with Crippen LogP contribution in [0.1, 0.15) is 37.9 Å². The molecule has 0 atom stereocenters. The van der Waals surface area contributed by atoms with Crippen molar-refractivity contribution in [2.24, 2.45) is 0 Å². The largest absolute Gasteiger partial charge is 0.302 e. The van der Waals surface area contributed by atoms with Crippen LogP contribution < -0.4 is 0 Å². The lowest BCUT2D eigenvalue weighted by molar-refractivity contribution is 0.687. The van der Waals surface area contributed by atoms with Gasteiger partial charge in [0.25, 0.3) is 0 Å². The number of rotatable bonds is 7. The highest BCUT2D eigenvalue weighted by Gasteiger charge is 2.14. The number of nitrogens with zero attached hydrogens (tertiary/aromatic N) is 4. The summed E-state index contributed by atoms with van der Waals surface area (Å²) in [5, 5.41) is 13.1. The van der Waals surface area contributed by atoms with E-state index in [1.807, 2.05) is 18.2 Å². The third-order valence-corrected chi connectivity index (χ3v) is 6.73. The fraction of sp³-hybridized carbons (Fsp3) is 0.261. The van der Waals surface area contributed by atoms with Gasteiger partial charge in [-0.25, -0.2) is 4.98 Å². The van der Waals surface area contributed by atoms with Crippen LogP contribution in [0.15, 0.2) is 65.1 Å². The third kappa shape index (κ3) is 4.43. The summed E-state index contributed by atoms with van der Waals surface area (Å²) in [6.07, 6.45) is 0. The molecule has 0 unspecified atom stereocenters. The Bertz CT molecular complexity index is 1070. The van der Waals surface area contributed by atoms with E-state index in [4.69, 9.17) is 4.98 Å². The monoisotopic (exact) mass is 420 g/mol. The number of benzene rings is 2. The van der Waals surface area contributed by atoms with Crippen molar-refractivity contribution in [1.82, 2.24) is 19.7 Å². The van der Waals surface area contributed by atoms with Crippen molar-refractivity contribution in [2.45, 2.75) is 44.1 Å². The molecule has 0 N–H and O–H groups in total. The molecular formula is C23H24N4S2. The predicted octanol–water partition coefficient (Wildman–Crippen LogP) is 6.50. The van der Waals surface area contributed by atoms with Crippen LogP contribution in [-0.2, 0) is 12.3 Å². The molecule has 0 bridgehead atoms. The minimum atomic E-state index is 0.526. The van der Waals surface area contributed by atoms with Crippen molar-refractivity contribution in [3.63, 3.8) is 0 Å². The van der Waals surface area contributed by atoms with Crippen LogP contribution in [-0.4, -0.2) is 19.7 Å². The van der Waals surface area contributed by atoms with Gasteiger partial charge in [0.1, 0.15) is 5.01 Å². The van der Waals surface area contributed by atoms with Crippen molar-refractivity contribution in [1.29, 1.82) is 0 Å². The fourth-order valence-electron chi connectivity index (χ4n) is 3.14. The maximum absolute atomic E-state index is 4.78. The molecule has 148 valence electrons. The number of hydrogen-bond acceptors (Lipinski definition) is 5. The summed E-state index contributed by atoms with van der Waals surface area (Å²) in [6, 6.07) is 19.0. The second kappa shape index (κ2) is 8.93. The molecule has 4 rings (SSSR count). The molecule has 0 aliphatic rings. The Balaban J connectivity index is 1.49. The van der Waals surface area contributed by atoms with Crippen molar-refractivity contribution in [3.05, 3.63) is 71.2 Å². The normalized spacial score (nSPS) is 11.3. The van der Waals surface area contributed by atoms with Gasteiger partial charge in [-0.05, 0) is 18.4 Å². The van der Waals surface area contributed by atoms with Gasteiger partial charge in [-0.15, -0.1) is 21.5 Å². The zero-order valence-corrected chi connectivity index (χ0v) is 18.5. The van der Waals surface area contributed by atoms with Gasteiger partial charge in [0.05, 0.1) is 5.69 Å². The molecule has 29 heavy (non-hydrogen) atoms. The van der Waals surface area contributed by atoms with E-state index in [9.17, 15) is 0 Å². The first kappa shape index (κ1) is 19.9. The van der Waals surface area contributed by atoms with E-state index < -0.39 is 0 Å². The van der Waals surface area contributed by atoms with Gasteiger partial charge in [0.15, 0.2) is 11.0 Å². The van der Waals surface area contributed by atoms with E-state index in [0.717, 1.165) is 45.1 Å². The number of thioether (sulfide) groups is 1. The lowest BCUT2D eigenvalue weighted by Crippen LogP contribution is -2.00. The molecule has 0 saturated carbocycles. The molecule has 0 saturated heterocycles. The van der Waals surface area contributed by atoms with Crippen molar-refractivity contribution in [2.75, 3.05) is 0 Å². The summed E-state index contributed by atoms with van der Waals surface area (Å²) in [5.41, 5.74) is 4.68. The maximum Gasteiger partial charge on any atom is 0.191 e. The van der Waals surface area contributed by atoms with E-state index in [0.29, 0.717) is 5.92 Å². The first-order valence-electron chi connectivity index (χ1n) is 9.82. The van der Waals surface area contributed by atoms with Crippen molar-refractivity contribution in [3.8, 4) is 22.0 Å². The zero-order chi connectivity index (χ0) is 20.2. The van der Waals surface area contributed by atoms with E-state index in [1.165, 1.54) is 5.56 Å². The maximum atomic E-state index is 4.78. The molecule has 2 aromatic heterocycles. The van der Waals surface area contributed by atoms with Crippen LogP contribution in [0.25, 0.3) is 22.0 Å². The van der Waals surface area contributed by atoms with Gasteiger partial charge in [-0.3, -0.25) is 0 Å². The Morgan fingerprint density at radius 3 is 2.41 bits per heavy atom. The quantitative estimate of drug-likeness (QED) is 0.320. The highest BCUT2D eigenvalue weighted by molar-refractivity contribution is 7.98. The summed E-state index contributed by atoms with van der Waals surface area (Å²) in [4.78, 5) is 4.78. The van der Waals surface area contributed by atoms with E-state index in [1.54, 1.807) is 23.1 Å². The molecule has 0 fully saturated rings. The summed E-state index contributed by atoms with van der Waals surface area (Å²) in [5.74, 6) is 2.24. The smallest absolute Gasteiger partial charge is 0.191 e. The van der Waals surface area contributed by atoms with Crippen LogP contribution >= 0.6 is 23.1 Å². The Labute approximate surface area is 180 Å². The van der Waals surface area contributed by atoms with Gasteiger partial charge < -0.3 is 4.57 Å². The Kier molecular flexibility index (Phi) is 6.11. The van der Waals surface area contributed by atoms with Crippen molar-refractivity contribution < 1.29 is 0 Å². The van der Waals surface area contributed by atoms with Crippen LogP contribution in [0.3, 0.4) is 0 Å². The summed E-state index contributed by atoms with van der Waals surface area (Å²) < 4.78 is 2.18. The van der Waals surface area contributed by atoms with Crippen LogP contribution in [0, 0.1) is 0 Å². The summed E-state index contributed by atoms with van der Waals surface area (Å²) in [7, 11) is 0. The highest BCUT2D eigenvalue weighted by Crippen LogP contribution is 2.29. The average molecular weight is 421 g/mol. The van der Waals surface area contributed by atoms with E-state index in [2.05, 4.69) is 77.3 Å². The van der Waals surface area contributed by atoms with Gasteiger partial charge in [0.2, 0.25) is 0 Å². The van der Waals surface area contributed by atoms with Crippen LogP contribution in [0.4, 0.5) is 0 Å². The minimum absolute atomic E-state index is 0.526. The fourth-order valence-corrected chi connectivity index (χ4v) is 4.96. The Hall–Kier alpha value is -2.44. The predicted molar refractivity (Wildman–Crippen MR) is 122 cm³/mol. The number of thiazole rings is 1. The van der Waals surface area contributed by atoms with Crippen LogP contribution in [0.5, 0.6) is 0 Å². The van der Waals surface area contributed by atoms with E-state index >= 15 is 0 Å². The first-order valence-corrected chi connectivity index (χ1v) is 11.7. The number of hydrogen-bond donors (Lipinski definition) is 0. The molecular weight excluding hydrogens is 396 g/mol. The lowest BCUT2D eigenvalue weighted by Gasteiger charge is -2.09. The van der Waals surface area contributed by atoms with E-state index in [-0.39, 0.29) is 0 Å². The molecule has 6 heteroatoms. The van der Waals surface area contributed by atoms with Gasteiger partial charge >= 0.3 is 0 Å². The summed E-state index contributed by atoms with van der Waals surface area (Å²) >= 11 is 3.38. The second-order valence-corrected chi connectivity index (χ2v) is 8.93.